The van der Waals surface area contributed by atoms with Crippen LogP contribution in [0.15, 0.2) is 18.2 Å². The highest BCUT2D eigenvalue weighted by Crippen LogP contribution is 2.26. The molecule has 2 N–H and O–H groups in total. The second-order valence-corrected chi connectivity index (χ2v) is 3.62. The Morgan fingerprint density at radius 3 is 3.07 bits per heavy atom. The van der Waals surface area contributed by atoms with Crippen LogP contribution in [0.1, 0.15) is 22.7 Å². The summed E-state index contributed by atoms with van der Waals surface area (Å²) in [6, 6.07) is 5.43. The van der Waals surface area contributed by atoms with Crippen molar-refractivity contribution in [3.63, 3.8) is 0 Å². The molecule has 3 nitrogen and oxygen atoms in total. The van der Waals surface area contributed by atoms with Gasteiger partial charge in [-0.3, -0.25) is 4.79 Å². The fourth-order valence-corrected chi connectivity index (χ4v) is 2.04. The van der Waals surface area contributed by atoms with E-state index in [1.54, 1.807) is 0 Å². The molecule has 2 rings (SSSR count). The molecule has 0 unspecified atom stereocenters. The number of fused-ring (bicyclic) bond motifs is 1. The summed E-state index contributed by atoms with van der Waals surface area (Å²) in [5, 5.41) is 12.1. The van der Waals surface area contributed by atoms with E-state index in [2.05, 4.69) is 5.32 Å². The number of hydrogen-bond acceptors (Lipinski definition) is 2. The molecule has 0 amide bonds. The Morgan fingerprint density at radius 2 is 2.36 bits per heavy atom. The van der Waals surface area contributed by atoms with Crippen LogP contribution in [0.3, 0.4) is 0 Å². The van der Waals surface area contributed by atoms with Gasteiger partial charge in [-0.2, -0.15) is 0 Å². The predicted octanol–water partition coefficient (Wildman–Crippen LogP) is 1.27. The number of rotatable bonds is 1. The molecule has 0 radical (unpaired) electrons. The summed E-state index contributed by atoms with van der Waals surface area (Å²) in [6.45, 7) is 2.70. The highest BCUT2D eigenvalue weighted by atomic mass is 16.4. The van der Waals surface area contributed by atoms with Crippen molar-refractivity contribution in [2.45, 2.75) is 19.4 Å². The third-order valence-electron chi connectivity index (χ3n) is 2.69. The monoisotopic (exact) mass is 191 g/mol. The zero-order valence-electron chi connectivity index (χ0n) is 8.08. The average Bonchev–Trinajstić information content (AvgIpc) is 2.17. The Balaban J connectivity index is 2.52. The van der Waals surface area contributed by atoms with Gasteiger partial charge in [-0.25, -0.2) is 0 Å². The van der Waals surface area contributed by atoms with E-state index in [0.717, 1.165) is 29.7 Å². The van der Waals surface area contributed by atoms with Gasteiger partial charge < -0.3 is 10.4 Å². The number of aryl methyl sites for hydroxylation is 1. The number of hydrogen-bond donors (Lipinski definition) is 2. The largest absolute Gasteiger partial charge is 0.480 e. The lowest BCUT2D eigenvalue weighted by atomic mass is 9.90. The molecular weight excluding hydrogens is 178 g/mol. The highest BCUT2D eigenvalue weighted by Gasteiger charge is 2.26. The van der Waals surface area contributed by atoms with E-state index in [9.17, 15) is 4.79 Å². The summed E-state index contributed by atoms with van der Waals surface area (Å²) in [5.41, 5.74) is 3.17. The van der Waals surface area contributed by atoms with Gasteiger partial charge in [0.15, 0.2) is 0 Å². The Labute approximate surface area is 82.8 Å². The van der Waals surface area contributed by atoms with E-state index in [4.69, 9.17) is 5.11 Å². The molecule has 3 heteroatoms. The molecule has 74 valence electrons. The third kappa shape index (κ3) is 1.40. The lowest BCUT2D eigenvalue weighted by Crippen LogP contribution is -2.35. The summed E-state index contributed by atoms with van der Waals surface area (Å²) in [7, 11) is 0. The molecule has 0 saturated heterocycles. The second-order valence-electron chi connectivity index (χ2n) is 3.62. The van der Waals surface area contributed by atoms with E-state index >= 15 is 0 Å². The maximum atomic E-state index is 11.0. The van der Waals surface area contributed by atoms with Crippen molar-refractivity contribution in [2.75, 3.05) is 6.54 Å². The Kier molecular flexibility index (Phi) is 2.25. The van der Waals surface area contributed by atoms with Gasteiger partial charge in [0.05, 0.1) is 0 Å². The molecule has 0 spiro atoms. The summed E-state index contributed by atoms with van der Waals surface area (Å²) >= 11 is 0. The van der Waals surface area contributed by atoms with E-state index in [1.807, 2.05) is 25.1 Å². The lowest BCUT2D eigenvalue weighted by molar-refractivity contribution is -0.139. The molecule has 0 aromatic heterocycles. The minimum atomic E-state index is -0.791. The molecule has 0 bridgehead atoms. The number of carboxylic acid groups (broad SMARTS) is 1. The molecular formula is C11H13NO2. The molecule has 1 heterocycles. The van der Waals surface area contributed by atoms with Crippen molar-refractivity contribution >= 4 is 5.97 Å². The van der Waals surface area contributed by atoms with Crippen LogP contribution in [0.25, 0.3) is 0 Å². The smallest absolute Gasteiger partial charge is 0.325 e. The van der Waals surface area contributed by atoms with Crippen molar-refractivity contribution in [1.29, 1.82) is 0 Å². The Bertz CT molecular complexity index is 374. The molecule has 0 saturated carbocycles. The third-order valence-corrected chi connectivity index (χ3v) is 2.69. The topological polar surface area (TPSA) is 49.3 Å². The van der Waals surface area contributed by atoms with Crippen molar-refractivity contribution < 1.29 is 9.90 Å². The average molecular weight is 191 g/mol. The van der Waals surface area contributed by atoms with Crippen molar-refractivity contribution in [1.82, 2.24) is 5.32 Å². The molecule has 1 aliphatic rings. The van der Waals surface area contributed by atoms with Gasteiger partial charge in [0.1, 0.15) is 6.04 Å². The van der Waals surface area contributed by atoms with Gasteiger partial charge in [-0.05, 0) is 30.0 Å². The molecule has 0 aliphatic carbocycles. The highest BCUT2D eigenvalue weighted by molar-refractivity contribution is 5.77. The summed E-state index contributed by atoms with van der Waals surface area (Å²) in [6.07, 6.45) is 0.917. The quantitative estimate of drug-likeness (QED) is 0.702. The SMILES string of the molecule is Cc1cccc2c1[C@H](C(=O)O)NCC2. The van der Waals surface area contributed by atoms with Crippen LogP contribution in [-0.4, -0.2) is 17.6 Å². The number of aliphatic carboxylic acids is 1. The van der Waals surface area contributed by atoms with Crippen LogP contribution < -0.4 is 5.32 Å². The minimum absolute atomic E-state index is 0.528. The molecule has 1 aromatic carbocycles. The molecule has 1 aliphatic heterocycles. The normalized spacial score (nSPS) is 20.2. The summed E-state index contributed by atoms with van der Waals surface area (Å²) in [5.74, 6) is -0.791. The Hall–Kier alpha value is -1.35. The maximum absolute atomic E-state index is 11.0. The first-order chi connectivity index (χ1) is 6.70. The van der Waals surface area contributed by atoms with Crippen LogP contribution in [0.2, 0.25) is 0 Å². The van der Waals surface area contributed by atoms with Crippen molar-refractivity contribution in [2.24, 2.45) is 0 Å². The van der Waals surface area contributed by atoms with E-state index in [0.29, 0.717) is 0 Å². The minimum Gasteiger partial charge on any atom is -0.480 e. The maximum Gasteiger partial charge on any atom is 0.325 e. The first-order valence-corrected chi connectivity index (χ1v) is 4.74. The van der Waals surface area contributed by atoms with E-state index < -0.39 is 12.0 Å². The van der Waals surface area contributed by atoms with Gasteiger partial charge in [0.2, 0.25) is 0 Å². The first-order valence-electron chi connectivity index (χ1n) is 4.74. The lowest BCUT2D eigenvalue weighted by Gasteiger charge is -2.25. The van der Waals surface area contributed by atoms with E-state index in [1.165, 1.54) is 0 Å². The van der Waals surface area contributed by atoms with E-state index in [-0.39, 0.29) is 0 Å². The standard InChI is InChI=1S/C11H13NO2/c1-7-3-2-4-8-5-6-12-10(9(7)8)11(13)14/h2-4,10,12H,5-6H2,1H3,(H,13,14)/t10-/m1/s1. The van der Waals surface area contributed by atoms with Gasteiger partial charge in [-0.1, -0.05) is 18.2 Å². The molecule has 1 aromatic rings. The van der Waals surface area contributed by atoms with Crippen molar-refractivity contribution in [3.05, 3.63) is 34.9 Å². The fraction of sp³-hybridized carbons (Fsp3) is 0.364. The van der Waals surface area contributed by atoms with Crippen LogP contribution in [-0.2, 0) is 11.2 Å². The Morgan fingerprint density at radius 1 is 1.57 bits per heavy atom. The number of carboxylic acids is 1. The first kappa shape index (κ1) is 9.21. The van der Waals surface area contributed by atoms with Crippen molar-refractivity contribution in [3.8, 4) is 0 Å². The molecule has 1 atom stereocenters. The van der Waals surface area contributed by atoms with Gasteiger partial charge in [0, 0.05) is 6.54 Å². The fourth-order valence-electron chi connectivity index (χ4n) is 2.04. The van der Waals surface area contributed by atoms with Crippen LogP contribution >= 0.6 is 0 Å². The zero-order valence-corrected chi connectivity index (χ0v) is 8.08. The zero-order chi connectivity index (χ0) is 10.1. The van der Waals surface area contributed by atoms with Crippen LogP contribution in [0.4, 0.5) is 0 Å². The van der Waals surface area contributed by atoms with Gasteiger partial charge in [0.25, 0.3) is 0 Å². The van der Waals surface area contributed by atoms with Gasteiger partial charge in [-0.15, -0.1) is 0 Å². The summed E-state index contributed by atoms with van der Waals surface area (Å²) < 4.78 is 0. The van der Waals surface area contributed by atoms with Gasteiger partial charge >= 0.3 is 5.97 Å². The molecule has 0 fully saturated rings. The predicted molar refractivity (Wildman–Crippen MR) is 53.3 cm³/mol. The van der Waals surface area contributed by atoms with Crippen LogP contribution in [0, 0.1) is 6.92 Å². The molecule has 14 heavy (non-hydrogen) atoms. The van der Waals surface area contributed by atoms with Crippen LogP contribution in [0.5, 0.6) is 0 Å². The second kappa shape index (κ2) is 3.42. The summed E-state index contributed by atoms with van der Waals surface area (Å²) in [4.78, 5) is 11.0. The number of benzene rings is 1. The number of nitrogens with one attached hydrogen (secondary N) is 1. The number of carbonyl (C=O) groups is 1.